The molecular weight excluding hydrogens is 504 g/mol. The highest BCUT2D eigenvalue weighted by molar-refractivity contribution is 5.85. The van der Waals surface area contributed by atoms with Gasteiger partial charge in [-0.15, -0.1) is 0 Å². The van der Waals surface area contributed by atoms with Gasteiger partial charge in [-0.1, -0.05) is 72.8 Å². The fraction of sp³-hybridized carbons (Fsp3) is 0.394. The molecule has 1 aliphatic carbocycles. The Hall–Kier alpha value is -3.68. The minimum atomic E-state index is -2.01. The molecule has 7 nitrogen and oxygen atoms in total. The molecule has 0 spiro atoms. The van der Waals surface area contributed by atoms with Crippen LogP contribution in [0, 0.1) is 5.92 Å². The van der Waals surface area contributed by atoms with E-state index in [0.717, 1.165) is 51.7 Å². The minimum Gasteiger partial charge on any atom is -0.484 e. The molecule has 7 heteroatoms. The highest BCUT2D eigenvalue weighted by atomic mass is 16.5. The number of amides is 1. The first-order valence-corrected chi connectivity index (χ1v) is 14.2. The number of nitrogens with one attached hydrogen (secondary N) is 1. The molecule has 0 unspecified atom stereocenters. The zero-order valence-corrected chi connectivity index (χ0v) is 22.8. The van der Waals surface area contributed by atoms with Crippen LogP contribution in [0.2, 0.25) is 0 Å². The molecule has 5 rings (SSSR count). The van der Waals surface area contributed by atoms with Crippen molar-refractivity contribution in [2.24, 2.45) is 5.92 Å². The van der Waals surface area contributed by atoms with E-state index in [1.807, 2.05) is 12.1 Å². The van der Waals surface area contributed by atoms with E-state index in [1.54, 1.807) is 48.5 Å². The van der Waals surface area contributed by atoms with Crippen molar-refractivity contribution in [2.75, 3.05) is 26.3 Å². The normalized spacial score (nSPS) is 17.8. The monoisotopic (exact) mass is 542 g/mol. The topological polar surface area (TPSA) is 88.1 Å². The van der Waals surface area contributed by atoms with Gasteiger partial charge in [-0.3, -0.25) is 9.69 Å². The molecule has 1 heterocycles. The second-order valence-electron chi connectivity index (χ2n) is 10.9. The molecule has 0 aromatic heterocycles. The van der Waals surface area contributed by atoms with Crippen molar-refractivity contribution in [3.63, 3.8) is 0 Å². The molecule has 2 N–H and O–H groups in total. The number of hydrogen-bond donors (Lipinski definition) is 2. The largest absolute Gasteiger partial charge is 0.484 e. The zero-order valence-electron chi connectivity index (χ0n) is 22.8. The molecule has 0 radical (unpaired) electrons. The van der Waals surface area contributed by atoms with E-state index in [0.29, 0.717) is 16.9 Å². The van der Waals surface area contributed by atoms with Crippen LogP contribution in [0.1, 0.15) is 48.8 Å². The Kier molecular flexibility index (Phi) is 9.14. The van der Waals surface area contributed by atoms with Crippen molar-refractivity contribution < 1.29 is 24.2 Å². The van der Waals surface area contributed by atoms with Gasteiger partial charge in [0.25, 0.3) is 5.91 Å². The number of benzene rings is 3. The summed E-state index contributed by atoms with van der Waals surface area (Å²) < 4.78 is 11.5. The summed E-state index contributed by atoms with van der Waals surface area (Å²) in [6.07, 6.45) is 4.99. The van der Waals surface area contributed by atoms with Crippen molar-refractivity contribution in [3.8, 4) is 5.75 Å². The molecule has 2 fully saturated rings. The molecule has 1 saturated carbocycles. The maximum absolute atomic E-state index is 13.6. The second kappa shape index (κ2) is 13.1. The minimum absolute atomic E-state index is 0.128. The lowest BCUT2D eigenvalue weighted by Gasteiger charge is -2.33. The Bertz CT molecular complexity index is 1260. The van der Waals surface area contributed by atoms with E-state index in [4.69, 9.17) is 9.47 Å². The molecule has 2 aliphatic rings. The van der Waals surface area contributed by atoms with Crippen molar-refractivity contribution in [2.45, 2.75) is 50.3 Å². The molecule has 40 heavy (non-hydrogen) atoms. The summed E-state index contributed by atoms with van der Waals surface area (Å²) in [6, 6.07) is 26.2. The summed E-state index contributed by atoms with van der Waals surface area (Å²) in [6.45, 7) is 2.92. The maximum Gasteiger partial charge on any atom is 0.347 e. The predicted molar refractivity (Wildman–Crippen MR) is 153 cm³/mol. The zero-order chi connectivity index (χ0) is 27.8. The highest BCUT2D eigenvalue weighted by Crippen LogP contribution is 2.34. The summed E-state index contributed by atoms with van der Waals surface area (Å²) in [5.41, 5.74) is 0.0318. The molecule has 1 aliphatic heterocycles. The van der Waals surface area contributed by atoms with Gasteiger partial charge in [-0.2, -0.15) is 0 Å². The number of ether oxygens (including phenoxy) is 2. The van der Waals surface area contributed by atoms with E-state index >= 15 is 0 Å². The van der Waals surface area contributed by atoms with Crippen LogP contribution in [-0.2, 0) is 26.5 Å². The van der Waals surface area contributed by atoms with Gasteiger partial charge in [0.2, 0.25) is 5.60 Å². The third-order valence-corrected chi connectivity index (χ3v) is 7.99. The van der Waals surface area contributed by atoms with Crippen LogP contribution in [0.3, 0.4) is 0 Å². The molecule has 0 bridgehead atoms. The Morgan fingerprint density at radius 2 is 1.55 bits per heavy atom. The van der Waals surface area contributed by atoms with Gasteiger partial charge in [-0.25, -0.2) is 4.79 Å². The molecule has 3 aromatic carbocycles. The number of likely N-dealkylation sites (tertiary alicyclic amines) is 1. The van der Waals surface area contributed by atoms with Crippen LogP contribution in [0.4, 0.5) is 0 Å². The van der Waals surface area contributed by atoms with E-state index in [9.17, 15) is 14.7 Å². The van der Waals surface area contributed by atoms with Crippen molar-refractivity contribution in [1.29, 1.82) is 0 Å². The van der Waals surface area contributed by atoms with Crippen LogP contribution in [0.25, 0.3) is 0 Å². The van der Waals surface area contributed by atoms with Crippen LogP contribution >= 0.6 is 0 Å². The van der Waals surface area contributed by atoms with Crippen LogP contribution < -0.4 is 10.1 Å². The fourth-order valence-electron chi connectivity index (χ4n) is 5.31. The first kappa shape index (κ1) is 27.9. The standard InChI is InChI=1S/C33H38N2O5/c36-31(34-29-14-8-15-29)24-39-30-16-7-13-28(21-30)33(38,27-11-5-2-6-12-27)32(37)40-23-26-17-19-35(20-18-26)22-25-9-3-1-4-10-25/h1-7,9-13,16,21,26,29,38H,8,14-15,17-20,22-24H2,(H,34,36)/t33-/m0/s1. The third-order valence-electron chi connectivity index (χ3n) is 7.99. The quantitative estimate of drug-likeness (QED) is 0.349. The third kappa shape index (κ3) is 6.90. The lowest BCUT2D eigenvalue weighted by atomic mass is 9.86. The van der Waals surface area contributed by atoms with Gasteiger partial charge >= 0.3 is 5.97 Å². The number of hydrogen-bond acceptors (Lipinski definition) is 6. The van der Waals surface area contributed by atoms with E-state index < -0.39 is 11.6 Å². The first-order chi connectivity index (χ1) is 19.5. The summed E-state index contributed by atoms with van der Waals surface area (Å²) in [5.74, 6) is -0.262. The SMILES string of the molecule is O=C(COc1cccc([C@](O)(C(=O)OCC2CCN(Cc3ccccc3)CC2)c2ccccc2)c1)NC1CCC1. The van der Waals surface area contributed by atoms with Crippen LogP contribution in [-0.4, -0.2) is 54.2 Å². The molecule has 210 valence electrons. The first-order valence-electron chi connectivity index (χ1n) is 14.2. The fourth-order valence-corrected chi connectivity index (χ4v) is 5.31. The Morgan fingerprint density at radius 1 is 0.875 bits per heavy atom. The number of rotatable bonds is 11. The summed E-state index contributed by atoms with van der Waals surface area (Å²) >= 11 is 0. The summed E-state index contributed by atoms with van der Waals surface area (Å²) in [5, 5.41) is 14.8. The molecule has 1 amide bonds. The van der Waals surface area contributed by atoms with Gasteiger partial charge in [-0.05, 0) is 74.4 Å². The number of piperidine rings is 1. The average Bonchev–Trinajstić information content (AvgIpc) is 2.98. The van der Waals surface area contributed by atoms with Crippen LogP contribution in [0.15, 0.2) is 84.9 Å². The highest BCUT2D eigenvalue weighted by Gasteiger charge is 2.42. The van der Waals surface area contributed by atoms with Crippen molar-refractivity contribution in [3.05, 3.63) is 102 Å². The van der Waals surface area contributed by atoms with Gasteiger partial charge in [0.05, 0.1) is 6.61 Å². The van der Waals surface area contributed by atoms with E-state index in [-0.39, 0.29) is 31.1 Å². The van der Waals surface area contributed by atoms with Gasteiger partial charge in [0, 0.05) is 18.2 Å². The number of aliphatic hydroxyl groups is 1. The van der Waals surface area contributed by atoms with Crippen molar-refractivity contribution in [1.82, 2.24) is 10.2 Å². The molecular formula is C33H38N2O5. The average molecular weight is 543 g/mol. The lowest BCUT2D eigenvalue weighted by molar-refractivity contribution is -0.164. The predicted octanol–water partition coefficient (Wildman–Crippen LogP) is 4.43. The summed E-state index contributed by atoms with van der Waals surface area (Å²) in [7, 11) is 0. The van der Waals surface area contributed by atoms with Crippen LogP contribution in [0.5, 0.6) is 5.75 Å². The number of carbonyl (C=O) groups excluding carboxylic acids is 2. The van der Waals surface area contributed by atoms with Gasteiger partial charge in [0.15, 0.2) is 6.61 Å². The number of nitrogens with zero attached hydrogens (tertiary/aromatic N) is 1. The van der Waals surface area contributed by atoms with Crippen molar-refractivity contribution >= 4 is 11.9 Å². The number of esters is 1. The van der Waals surface area contributed by atoms with E-state index in [2.05, 4.69) is 34.5 Å². The Balaban J connectivity index is 1.21. The molecule has 1 saturated heterocycles. The maximum atomic E-state index is 13.6. The molecule has 3 aromatic rings. The number of carbonyl (C=O) groups is 2. The Morgan fingerprint density at radius 3 is 2.23 bits per heavy atom. The Labute approximate surface area is 236 Å². The summed E-state index contributed by atoms with van der Waals surface area (Å²) in [4.78, 5) is 28.2. The smallest absolute Gasteiger partial charge is 0.347 e. The molecule has 1 atom stereocenters. The van der Waals surface area contributed by atoms with E-state index in [1.165, 1.54) is 5.56 Å². The lowest BCUT2D eigenvalue weighted by Crippen LogP contribution is -2.42. The second-order valence-corrected chi connectivity index (χ2v) is 10.9. The van der Waals surface area contributed by atoms with Gasteiger partial charge in [0.1, 0.15) is 5.75 Å². The van der Waals surface area contributed by atoms with Gasteiger partial charge < -0.3 is 19.9 Å².